The van der Waals surface area contributed by atoms with Crippen LogP contribution in [0.3, 0.4) is 0 Å². The van der Waals surface area contributed by atoms with Gasteiger partial charge in [-0.3, -0.25) is 4.79 Å². The van der Waals surface area contributed by atoms with Crippen LogP contribution in [0.1, 0.15) is 39.5 Å². The van der Waals surface area contributed by atoms with Crippen LogP contribution < -0.4 is 5.73 Å². The minimum atomic E-state index is -0.666. The molecular weight excluding hydrogens is 214 g/mol. The predicted octanol–water partition coefficient (Wildman–Crippen LogP) is 2.42. The van der Waals surface area contributed by atoms with Crippen molar-refractivity contribution in [2.24, 2.45) is 29.4 Å². The summed E-state index contributed by atoms with van der Waals surface area (Å²) in [5.74, 6) is 0.239. The van der Waals surface area contributed by atoms with Gasteiger partial charge in [-0.15, -0.1) is 0 Å². The molecule has 5 atom stereocenters. The Hall–Kier alpha value is -0.830. The fourth-order valence-corrected chi connectivity index (χ4v) is 3.62. The van der Waals surface area contributed by atoms with Gasteiger partial charge in [-0.2, -0.15) is 0 Å². The van der Waals surface area contributed by atoms with Crippen LogP contribution in [-0.2, 0) is 4.79 Å². The zero-order valence-corrected chi connectivity index (χ0v) is 10.7. The number of allylic oxidation sites excluding steroid dienone is 2. The average Bonchev–Trinajstić information content (AvgIpc) is 2.28. The second-order valence-electron chi connectivity index (χ2n) is 5.82. The molecule has 0 aromatic rings. The number of fused-ring (bicyclic) bond motifs is 1. The average molecular weight is 237 g/mol. The molecule has 3 N–H and O–H groups in total. The summed E-state index contributed by atoms with van der Waals surface area (Å²) < 4.78 is 0. The highest BCUT2D eigenvalue weighted by Crippen LogP contribution is 2.44. The van der Waals surface area contributed by atoms with Crippen LogP contribution in [0.2, 0.25) is 0 Å². The Morgan fingerprint density at radius 1 is 1.47 bits per heavy atom. The molecule has 0 unspecified atom stereocenters. The third-order valence-corrected chi connectivity index (χ3v) is 4.75. The molecular formula is C14H23NO2. The topological polar surface area (TPSA) is 63.3 Å². The zero-order chi connectivity index (χ0) is 12.6. The third kappa shape index (κ3) is 2.39. The summed E-state index contributed by atoms with van der Waals surface area (Å²) in [5, 5.41) is 9.20. The summed E-state index contributed by atoms with van der Waals surface area (Å²) in [4.78, 5) is 11.2. The van der Waals surface area contributed by atoms with E-state index in [9.17, 15) is 9.90 Å². The fraction of sp³-hybridized carbons (Fsp3) is 0.786. The van der Waals surface area contributed by atoms with E-state index >= 15 is 0 Å². The van der Waals surface area contributed by atoms with Gasteiger partial charge in [0.15, 0.2) is 0 Å². The van der Waals surface area contributed by atoms with Gasteiger partial charge in [0.1, 0.15) is 0 Å². The van der Waals surface area contributed by atoms with E-state index in [2.05, 4.69) is 13.0 Å². The molecule has 3 heteroatoms. The number of aliphatic carboxylic acids is 1. The Labute approximate surface area is 103 Å². The molecule has 0 radical (unpaired) electrons. The molecule has 2 aliphatic carbocycles. The SMILES string of the molecule is CC1=C[C@H]2[C@@H](CC1)[C@H](N)CC[C@H]2[C@@H](C)C(=O)O. The maximum absolute atomic E-state index is 11.2. The lowest BCUT2D eigenvalue weighted by atomic mass is 9.62. The van der Waals surface area contributed by atoms with Crippen molar-refractivity contribution in [2.45, 2.75) is 45.6 Å². The summed E-state index contributed by atoms with van der Waals surface area (Å²) in [6.07, 6.45) is 6.51. The lowest BCUT2D eigenvalue weighted by molar-refractivity contribution is -0.144. The van der Waals surface area contributed by atoms with Crippen molar-refractivity contribution in [1.82, 2.24) is 0 Å². The van der Waals surface area contributed by atoms with Crippen molar-refractivity contribution in [1.29, 1.82) is 0 Å². The van der Waals surface area contributed by atoms with E-state index in [0.717, 1.165) is 25.7 Å². The summed E-state index contributed by atoms with van der Waals surface area (Å²) in [6.45, 7) is 4.00. The highest BCUT2D eigenvalue weighted by atomic mass is 16.4. The van der Waals surface area contributed by atoms with Gasteiger partial charge in [-0.1, -0.05) is 18.6 Å². The first kappa shape index (κ1) is 12.6. The van der Waals surface area contributed by atoms with Crippen LogP contribution in [-0.4, -0.2) is 17.1 Å². The zero-order valence-electron chi connectivity index (χ0n) is 10.7. The molecule has 1 fully saturated rings. The lowest BCUT2D eigenvalue weighted by Crippen LogP contribution is -2.46. The molecule has 17 heavy (non-hydrogen) atoms. The number of hydrogen-bond acceptors (Lipinski definition) is 2. The van der Waals surface area contributed by atoms with Gasteiger partial charge in [-0.05, 0) is 50.4 Å². The molecule has 96 valence electrons. The molecule has 0 aliphatic heterocycles. The second kappa shape index (κ2) is 4.81. The highest BCUT2D eigenvalue weighted by molar-refractivity contribution is 5.70. The van der Waals surface area contributed by atoms with E-state index in [1.807, 2.05) is 6.92 Å². The standard InChI is InChI=1S/C14H23NO2/c1-8-3-4-11-12(7-8)10(5-6-13(11)15)9(2)14(16)17/h7,9-13H,3-6,15H2,1-2H3,(H,16,17)/t9-,10+,11-,12-,13-/m1/s1. The number of nitrogens with two attached hydrogens (primary N) is 1. The maximum Gasteiger partial charge on any atom is 0.306 e. The van der Waals surface area contributed by atoms with E-state index in [-0.39, 0.29) is 17.9 Å². The summed E-state index contributed by atoms with van der Waals surface area (Å²) in [6, 6.07) is 0.265. The van der Waals surface area contributed by atoms with Crippen LogP contribution in [0.15, 0.2) is 11.6 Å². The van der Waals surface area contributed by atoms with Crippen molar-refractivity contribution >= 4 is 5.97 Å². The molecule has 2 aliphatic rings. The third-order valence-electron chi connectivity index (χ3n) is 4.75. The molecule has 1 saturated carbocycles. The Bertz CT molecular complexity index is 337. The van der Waals surface area contributed by atoms with Crippen LogP contribution in [0.25, 0.3) is 0 Å². The smallest absolute Gasteiger partial charge is 0.306 e. The van der Waals surface area contributed by atoms with E-state index in [4.69, 9.17) is 5.73 Å². The van der Waals surface area contributed by atoms with Gasteiger partial charge in [0, 0.05) is 6.04 Å². The van der Waals surface area contributed by atoms with Gasteiger partial charge in [0.2, 0.25) is 0 Å². The van der Waals surface area contributed by atoms with Crippen molar-refractivity contribution < 1.29 is 9.90 Å². The van der Waals surface area contributed by atoms with E-state index in [0.29, 0.717) is 11.8 Å². The lowest BCUT2D eigenvalue weighted by Gasteiger charge is -2.44. The van der Waals surface area contributed by atoms with Crippen LogP contribution in [0.4, 0.5) is 0 Å². The Kier molecular flexibility index (Phi) is 3.57. The normalized spacial score (nSPS) is 39.1. The van der Waals surface area contributed by atoms with E-state index in [1.165, 1.54) is 5.57 Å². The number of carboxylic acids is 1. The number of carbonyl (C=O) groups is 1. The van der Waals surface area contributed by atoms with Crippen LogP contribution in [0, 0.1) is 23.7 Å². The molecule has 0 aromatic carbocycles. The molecule has 2 rings (SSSR count). The Morgan fingerprint density at radius 2 is 2.18 bits per heavy atom. The number of hydrogen-bond donors (Lipinski definition) is 2. The summed E-state index contributed by atoms with van der Waals surface area (Å²) in [5.41, 5.74) is 7.60. The summed E-state index contributed by atoms with van der Waals surface area (Å²) >= 11 is 0. The molecule has 0 spiro atoms. The highest BCUT2D eigenvalue weighted by Gasteiger charge is 2.41. The van der Waals surface area contributed by atoms with Gasteiger partial charge in [0.05, 0.1) is 5.92 Å². The largest absolute Gasteiger partial charge is 0.481 e. The number of rotatable bonds is 2. The first-order chi connectivity index (χ1) is 8.00. The molecule has 0 amide bonds. The maximum atomic E-state index is 11.2. The molecule has 0 aromatic heterocycles. The van der Waals surface area contributed by atoms with Crippen molar-refractivity contribution in [3.63, 3.8) is 0 Å². The number of carboxylic acid groups (broad SMARTS) is 1. The first-order valence-electron chi connectivity index (χ1n) is 6.66. The van der Waals surface area contributed by atoms with Crippen molar-refractivity contribution in [2.75, 3.05) is 0 Å². The first-order valence-corrected chi connectivity index (χ1v) is 6.66. The van der Waals surface area contributed by atoms with E-state index in [1.54, 1.807) is 0 Å². The monoisotopic (exact) mass is 237 g/mol. The van der Waals surface area contributed by atoms with E-state index < -0.39 is 5.97 Å². The minimum Gasteiger partial charge on any atom is -0.481 e. The Morgan fingerprint density at radius 3 is 2.82 bits per heavy atom. The molecule has 0 bridgehead atoms. The molecule has 0 saturated heterocycles. The van der Waals surface area contributed by atoms with Crippen molar-refractivity contribution in [3.8, 4) is 0 Å². The Balaban J connectivity index is 2.22. The van der Waals surface area contributed by atoms with Gasteiger partial charge in [-0.25, -0.2) is 0 Å². The molecule has 0 heterocycles. The second-order valence-corrected chi connectivity index (χ2v) is 5.82. The van der Waals surface area contributed by atoms with Crippen molar-refractivity contribution in [3.05, 3.63) is 11.6 Å². The molecule has 3 nitrogen and oxygen atoms in total. The minimum absolute atomic E-state index is 0.253. The quantitative estimate of drug-likeness (QED) is 0.725. The van der Waals surface area contributed by atoms with Crippen LogP contribution in [0.5, 0.6) is 0 Å². The van der Waals surface area contributed by atoms with Gasteiger partial charge in [0.25, 0.3) is 0 Å². The predicted molar refractivity (Wildman–Crippen MR) is 67.5 cm³/mol. The summed E-state index contributed by atoms with van der Waals surface area (Å²) in [7, 11) is 0. The van der Waals surface area contributed by atoms with Gasteiger partial charge >= 0.3 is 5.97 Å². The van der Waals surface area contributed by atoms with Crippen LogP contribution >= 0.6 is 0 Å². The fourth-order valence-electron chi connectivity index (χ4n) is 3.62. The van der Waals surface area contributed by atoms with Gasteiger partial charge < -0.3 is 10.8 Å².